The van der Waals surface area contributed by atoms with E-state index < -0.39 is 5.97 Å². The summed E-state index contributed by atoms with van der Waals surface area (Å²) in [6, 6.07) is 3.22. The summed E-state index contributed by atoms with van der Waals surface area (Å²) in [6.45, 7) is 5.16. The van der Waals surface area contributed by atoms with E-state index in [1.54, 1.807) is 6.07 Å². The molecule has 0 amide bonds. The van der Waals surface area contributed by atoms with Crippen molar-refractivity contribution in [2.24, 2.45) is 0 Å². The van der Waals surface area contributed by atoms with Gasteiger partial charge in [-0.15, -0.1) is 0 Å². The third kappa shape index (κ3) is 4.27. The molecule has 0 saturated carbocycles. The first-order valence-corrected chi connectivity index (χ1v) is 5.14. The first kappa shape index (κ1) is 12.4. The molecule has 0 atom stereocenters. The highest BCUT2D eigenvalue weighted by Gasteiger charge is 2.04. The second kappa shape index (κ2) is 6.07. The van der Waals surface area contributed by atoms with Gasteiger partial charge in [-0.1, -0.05) is 0 Å². The van der Waals surface area contributed by atoms with Crippen LogP contribution in [0.25, 0.3) is 0 Å². The molecular formula is C11H16N2O3. The average molecular weight is 224 g/mol. The Balaban J connectivity index is 2.42. The molecule has 0 unspecified atom stereocenters. The number of carboxylic acid groups (broad SMARTS) is 1. The van der Waals surface area contributed by atoms with Crippen LogP contribution < -0.4 is 5.32 Å². The minimum atomic E-state index is -1.03. The average Bonchev–Trinajstić information content (AvgIpc) is 2.24. The van der Waals surface area contributed by atoms with E-state index in [4.69, 9.17) is 9.84 Å². The zero-order chi connectivity index (χ0) is 12.0. The second-order valence-corrected chi connectivity index (χ2v) is 3.58. The number of carboxylic acids is 1. The van der Waals surface area contributed by atoms with Crippen LogP contribution in [0.4, 0.5) is 5.69 Å². The maximum Gasteiger partial charge on any atom is 0.354 e. The number of nitrogens with one attached hydrogen (secondary N) is 1. The van der Waals surface area contributed by atoms with Crippen LogP contribution in [0.15, 0.2) is 18.3 Å². The number of hydrogen-bond donors (Lipinski definition) is 2. The third-order valence-corrected chi connectivity index (χ3v) is 1.86. The van der Waals surface area contributed by atoms with Crippen molar-refractivity contribution in [2.45, 2.75) is 20.0 Å². The summed E-state index contributed by atoms with van der Waals surface area (Å²) in [6.07, 6.45) is 1.67. The predicted octanol–water partition coefficient (Wildman–Crippen LogP) is 1.62. The summed E-state index contributed by atoms with van der Waals surface area (Å²) in [4.78, 5) is 14.4. The van der Waals surface area contributed by atoms with E-state index in [-0.39, 0.29) is 11.8 Å². The van der Waals surface area contributed by atoms with Crippen molar-refractivity contribution in [1.82, 2.24) is 4.98 Å². The van der Waals surface area contributed by atoms with E-state index in [2.05, 4.69) is 10.3 Å². The number of hydrogen-bond acceptors (Lipinski definition) is 4. The zero-order valence-corrected chi connectivity index (χ0v) is 9.43. The number of nitrogens with zero attached hydrogens (tertiary/aromatic N) is 1. The van der Waals surface area contributed by atoms with Gasteiger partial charge in [0.05, 0.1) is 12.7 Å². The first-order chi connectivity index (χ1) is 7.59. The molecule has 1 heterocycles. The maximum atomic E-state index is 10.7. The topological polar surface area (TPSA) is 71.5 Å². The van der Waals surface area contributed by atoms with Crippen molar-refractivity contribution in [1.29, 1.82) is 0 Å². The molecule has 0 aromatic carbocycles. The second-order valence-electron chi connectivity index (χ2n) is 3.58. The lowest BCUT2D eigenvalue weighted by Gasteiger charge is -2.09. The molecule has 0 spiro atoms. The smallest absolute Gasteiger partial charge is 0.354 e. The van der Waals surface area contributed by atoms with Gasteiger partial charge in [0.25, 0.3) is 0 Å². The molecule has 0 aliphatic rings. The number of aromatic carboxylic acids is 1. The first-order valence-electron chi connectivity index (χ1n) is 5.14. The molecule has 88 valence electrons. The van der Waals surface area contributed by atoms with E-state index in [0.717, 1.165) is 5.69 Å². The van der Waals surface area contributed by atoms with Gasteiger partial charge in [0, 0.05) is 18.4 Å². The lowest BCUT2D eigenvalue weighted by atomic mass is 10.3. The van der Waals surface area contributed by atoms with Crippen molar-refractivity contribution in [3.8, 4) is 0 Å². The number of pyridine rings is 1. The molecule has 16 heavy (non-hydrogen) atoms. The molecular weight excluding hydrogens is 208 g/mol. The summed E-state index contributed by atoms with van der Waals surface area (Å²) < 4.78 is 5.35. The number of carbonyl (C=O) groups is 1. The highest BCUT2D eigenvalue weighted by atomic mass is 16.5. The molecule has 0 bridgehead atoms. The SMILES string of the molecule is CC(C)OCCNc1ccnc(C(=O)O)c1. The standard InChI is InChI=1S/C11H16N2O3/c1-8(2)16-6-5-12-9-3-4-13-10(7-9)11(14)15/h3-4,7-8H,5-6H2,1-2H3,(H,12,13)(H,14,15). The fourth-order valence-electron chi connectivity index (χ4n) is 1.15. The van der Waals surface area contributed by atoms with Crippen LogP contribution >= 0.6 is 0 Å². The Morgan fingerprint density at radius 1 is 1.62 bits per heavy atom. The van der Waals surface area contributed by atoms with E-state index in [1.807, 2.05) is 13.8 Å². The fraction of sp³-hybridized carbons (Fsp3) is 0.455. The van der Waals surface area contributed by atoms with E-state index in [9.17, 15) is 4.79 Å². The highest BCUT2D eigenvalue weighted by Crippen LogP contribution is 2.07. The van der Waals surface area contributed by atoms with Crippen LogP contribution in [0.2, 0.25) is 0 Å². The van der Waals surface area contributed by atoms with Gasteiger partial charge in [-0.25, -0.2) is 9.78 Å². The minimum absolute atomic E-state index is 0.0368. The van der Waals surface area contributed by atoms with Gasteiger partial charge >= 0.3 is 5.97 Å². The van der Waals surface area contributed by atoms with E-state index in [0.29, 0.717) is 13.2 Å². The summed E-state index contributed by atoms with van der Waals surface area (Å²) in [5.74, 6) is -1.03. The molecule has 5 heteroatoms. The van der Waals surface area contributed by atoms with Gasteiger partial charge in [0.15, 0.2) is 0 Å². The summed E-state index contributed by atoms with van der Waals surface area (Å²) >= 11 is 0. The van der Waals surface area contributed by atoms with Crippen LogP contribution in [0, 0.1) is 0 Å². The van der Waals surface area contributed by atoms with Crippen molar-refractivity contribution in [3.05, 3.63) is 24.0 Å². The summed E-state index contributed by atoms with van der Waals surface area (Å²) in [5.41, 5.74) is 0.773. The highest BCUT2D eigenvalue weighted by molar-refractivity contribution is 5.86. The Bertz CT molecular complexity index is 353. The Hall–Kier alpha value is -1.62. The van der Waals surface area contributed by atoms with Gasteiger partial charge in [0.2, 0.25) is 0 Å². The van der Waals surface area contributed by atoms with Crippen LogP contribution in [0.1, 0.15) is 24.3 Å². The van der Waals surface area contributed by atoms with Gasteiger partial charge in [0.1, 0.15) is 5.69 Å². The van der Waals surface area contributed by atoms with Gasteiger partial charge in [-0.05, 0) is 26.0 Å². The van der Waals surface area contributed by atoms with Crippen LogP contribution in [0.3, 0.4) is 0 Å². The molecule has 1 rings (SSSR count). The molecule has 0 aliphatic heterocycles. The number of ether oxygens (including phenoxy) is 1. The fourth-order valence-corrected chi connectivity index (χ4v) is 1.15. The summed E-state index contributed by atoms with van der Waals surface area (Å²) in [7, 11) is 0. The van der Waals surface area contributed by atoms with Crippen molar-refractivity contribution in [3.63, 3.8) is 0 Å². The molecule has 0 saturated heterocycles. The number of rotatable bonds is 6. The van der Waals surface area contributed by atoms with Crippen LogP contribution in [-0.2, 0) is 4.74 Å². The Kier molecular flexibility index (Phi) is 4.72. The number of aromatic nitrogens is 1. The summed E-state index contributed by atoms with van der Waals surface area (Å²) in [5, 5.41) is 11.8. The molecule has 0 aliphatic carbocycles. The van der Waals surface area contributed by atoms with Crippen LogP contribution in [-0.4, -0.2) is 35.3 Å². The van der Waals surface area contributed by atoms with E-state index >= 15 is 0 Å². The Morgan fingerprint density at radius 2 is 2.38 bits per heavy atom. The monoisotopic (exact) mass is 224 g/mol. The Labute approximate surface area is 94.5 Å². The zero-order valence-electron chi connectivity index (χ0n) is 9.43. The van der Waals surface area contributed by atoms with Crippen molar-refractivity contribution >= 4 is 11.7 Å². The van der Waals surface area contributed by atoms with Gasteiger partial charge in [-0.3, -0.25) is 0 Å². The third-order valence-electron chi connectivity index (χ3n) is 1.86. The molecule has 5 nitrogen and oxygen atoms in total. The lowest BCUT2D eigenvalue weighted by Crippen LogP contribution is -2.13. The van der Waals surface area contributed by atoms with Crippen LogP contribution in [0.5, 0.6) is 0 Å². The number of anilines is 1. The van der Waals surface area contributed by atoms with Gasteiger partial charge < -0.3 is 15.2 Å². The molecule has 2 N–H and O–H groups in total. The van der Waals surface area contributed by atoms with Gasteiger partial charge in [-0.2, -0.15) is 0 Å². The normalized spacial score (nSPS) is 10.4. The molecule has 0 radical (unpaired) electrons. The minimum Gasteiger partial charge on any atom is -0.477 e. The predicted molar refractivity (Wildman–Crippen MR) is 60.8 cm³/mol. The molecule has 0 fully saturated rings. The quantitative estimate of drug-likeness (QED) is 0.718. The maximum absolute atomic E-state index is 10.7. The molecule has 1 aromatic rings. The Morgan fingerprint density at radius 3 is 3.00 bits per heavy atom. The van der Waals surface area contributed by atoms with E-state index in [1.165, 1.54) is 12.3 Å². The van der Waals surface area contributed by atoms with Crippen molar-refractivity contribution < 1.29 is 14.6 Å². The molecule has 1 aromatic heterocycles. The van der Waals surface area contributed by atoms with Crippen molar-refractivity contribution in [2.75, 3.05) is 18.5 Å². The lowest BCUT2D eigenvalue weighted by molar-refractivity contribution is 0.0690. The largest absolute Gasteiger partial charge is 0.477 e.